The molecule has 36 heavy (non-hydrogen) atoms. The summed E-state index contributed by atoms with van der Waals surface area (Å²) in [6.45, 7) is 5.93. The lowest BCUT2D eigenvalue weighted by Crippen LogP contribution is -2.44. The number of aliphatic imine (C=N–C) groups is 1. The summed E-state index contributed by atoms with van der Waals surface area (Å²) in [6.07, 6.45) is 1.61. The van der Waals surface area contributed by atoms with Gasteiger partial charge in [0.1, 0.15) is 12.6 Å². The molecule has 0 saturated carbocycles. The fourth-order valence-electron chi connectivity index (χ4n) is 4.31. The Hall–Kier alpha value is -3.15. The summed E-state index contributed by atoms with van der Waals surface area (Å²) < 4.78 is 0. The average Bonchev–Trinajstić information content (AvgIpc) is 2.98. The molecule has 3 aromatic rings. The molecule has 2 amide bonds. The minimum Gasteiger partial charge on any atom is -0.325 e. The number of anilines is 2. The molecule has 0 aliphatic carbocycles. The van der Waals surface area contributed by atoms with Gasteiger partial charge in [-0.25, -0.2) is 0 Å². The van der Waals surface area contributed by atoms with Crippen LogP contribution in [0.4, 0.5) is 11.4 Å². The molecular weight excluding hydrogens is 493 g/mol. The molecule has 0 aromatic heterocycles. The number of hydrogen-bond donors (Lipinski definition) is 1. The molecule has 1 aliphatic heterocycles. The van der Waals surface area contributed by atoms with Crippen LogP contribution in [0, 0.1) is 5.92 Å². The lowest BCUT2D eigenvalue weighted by molar-refractivity contribution is -0.123. The van der Waals surface area contributed by atoms with Gasteiger partial charge in [0.2, 0.25) is 5.91 Å². The number of rotatable bonds is 7. The molecule has 1 heterocycles. The van der Waals surface area contributed by atoms with E-state index in [2.05, 4.69) is 12.2 Å². The van der Waals surface area contributed by atoms with Gasteiger partial charge in [0.05, 0.1) is 11.4 Å². The van der Waals surface area contributed by atoms with Gasteiger partial charge >= 0.3 is 0 Å². The summed E-state index contributed by atoms with van der Waals surface area (Å²) >= 11 is 13.0. The molecule has 1 aliphatic rings. The highest BCUT2D eigenvalue weighted by molar-refractivity contribution is 6.37. The number of carbonyl (C=O) groups is 2. The minimum absolute atomic E-state index is 0.0495. The Kier molecular flexibility index (Phi) is 8.12. The molecule has 0 bridgehead atoms. The third kappa shape index (κ3) is 5.48. The van der Waals surface area contributed by atoms with Crippen LogP contribution in [0.2, 0.25) is 10.0 Å². The van der Waals surface area contributed by atoms with E-state index in [1.165, 1.54) is 4.90 Å². The molecular formula is C29H29Cl2N3O2. The Bertz CT molecular complexity index is 1320. The van der Waals surface area contributed by atoms with Crippen LogP contribution in [0.25, 0.3) is 0 Å². The van der Waals surface area contributed by atoms with Crippen LogP contribution in [0.5, 0.6) is 0 Å². The van der Waals surface area contributed by atoms with Crippen molar-refractivity contribution in [2.24, 2.45) is 10.9 Å². The van der Waals surface area contributed by atoms with Crippen molar-refractivity contribution in [3.63, 3.8) is 0 Å². The van der Waals surface area contributed by atoms with Gasteiger partial charge in [-0.05, 0) is 54.3 Å². The second-order valence-electron chi connectivity index (χ2n) is 8.98. The van der Waals surface area contributed by atoms with Crippen molar-refractivity contribution in [2.45, 2.75) is 39.7 Å². The van der Waals surface area contributed by atoms with Crippen LogP contribution in [0.3, 0.4) is 0 Å². The van der Waals surface area contributed by atoms with Crippen molar-refractivity contribution in [1.29, 1.82) is 0 Å². The molecule has 3 aromatic carbocycles. The number of amides is 2. The third-order valence-electron chi connectivity index (χ3n) is 6.52. The zero-order valence-electron chi connectivity index (χ0n) is 20.6. The van der Waals surface area contributed by atoms with Crippen molar-refractivity contribution in [2.75, 3.05) is 16.8 Å². The fraction of sp³-hybridized carbons (Fsp3) is 0.276. The summed E-state index contributed by atoms with van der Waals surface area (Å²) in [4.78, 5) is 33.6. The lowest BCUT2D eigenvalue weighted by Gasteiger charge is -2.26. The number of carbonyl (C=O) groups excluding carboxylic acids is 2. The Morgan fingerprint density at radius 2 is 1.81 bits per heavy atom. The van der Waals surface area contributed by atoms with Gasteiger partial charge in [-0.3, -0.25) is 14.6 Å². The maximum Gasteiger partial charge on any atom is 0.252 e. The Labute approximate surface area is 222 Å². The topological polar surface area (TPSA) is 61.8 Å². The maximum absolute atomic E-state index is 13.9. The van der Waals surface area contributed by atoms with E-state index in [-0.39, 0.29) is 24.3 Å². The first kappa shape index (κ1) is 25.9. The Morgan fingerprint density at radius 3 is 2.53 bits per heavy atom. The second-order valence-corrected chi connectivity index (χ2v) is 9.82. The van der Waals surface area contributed by atoms with Crippen molar-refractivity contribution in [1.82, 2.24) is 0 Å². The van der Waals surface area contributed by atoms with E-state index in [1.54, 1.807) is 24.3 Å². The zero-order valence-corrected chi connectivity index (χ0v) is 22.1. The van der Waals surface area contributed by atoms with E-state index >= 15 is 0 Å². The molecule has 0 unspecified atom stereocenters. The smallest absolute Gasteiger partial charge is 0.252 e. The summed E-state index contributed by atoms with van der Waals surface area (Å²) in [5, 5.41) is 3.97. The van der Waals surface area contributed by atoms with Gasteiger partial charge in [-0.1, -0.05) is 80.7 Å². The predicted molar refractivity (Wildman–Crippen MR) is 149 cm³/mol. The van der Waals surface area contributed by atoms with E-state index in [0.29, 0.717) is 38.3 Å². The van der Waals surface area contributed by atoms with Gasteiger partial charge < -0.3 is 10.2 Å². The number of hydrogen-bond acceptors (Lipinski definition) is 3. The van der Waals surface area contributed by atoms with Crippen LogP contribution < -0.4 is 10.2 Å². The van der Waals surface area contributed by atoms with Crippen LogP contribution in [-0.2, 0) is 16.0 Å². The first-order chi connectivity index (χ1) is 17.3. The SMILES string of the molecule is CCc1cccc(NC(=O)CN2C(=O)[C@@H]([C@H](C)CC)N=C(c3ccccc3Cl)c3cc(Cl)ccc32)c1. The second kappa shape index (κ2) is 11.3. The molecule has 0 saturated heterocycles. The van der Waals surface area contributed by atoms with Crippen molar-refractivity contribution < 1.29 is 9.59 Å². The number of nitrogens with one attached hydrogen (secondary N) is 1. The van der Waals surface area contributed by atoms with Crippen molar-refractivity contribution >= 4 is 52.1 Å². The molecule has 2 atom stereocenters. The monoisotopic (exact) mass is 521 g/mol. The molecule has 0 radical (unpaired) electrons. The van der Waals surface area contributed by atoms with E-state index in [4.69, 9.17) is 28.2 Å². The summed E-state index contributed by atoms with van der Waals surface area (Å²) in [6, 6.07) is 19.7. The molecule has 4 rings (SSSR count). The highest BCUT2D eigenvalue weighted by Gasteiger charge is 2.36. The van der Waals surface area contributed by atoms with E-state index in [0.717, 1.165) is 18.4 Å². The Morgan fingerprint density at radius 1 is 1.03 bits per heavy atom. The number of aryl methyl sites for hydroxylation is 1. The Balaban J connectivity index is 1.79. The highest BCUT2D eigenvalue weighted by atomic mass is 35.5. The average molecular weight is 522 g/mol. The van der Waals surface area contributed by atoms with Crippen molar-refractivity contribution in [3.05, 3.63) is 93.5 Å². The normalized spacial score (nSPS) is 16.1. The molecule has 0 spiro atoms. The zero-order chi connectivity index (χ0) is 25.8. The predicted octanol–water partition coefficient (Wildman–Crippen LogP) is 6.79. The largest absolute Gasteiger partial charge is 0.325 e. The van der Waals surface area contributed by atoms with Crippen LogP contribution in [0.1, 0.15) is 43.9 Å². The fourth-order valence-corrected chi connectivity index (χ4v) is 4.71. The van der Waals surface area contributed by atoms with Crippen LogP contribution in [-0.4, -0.2) is 30.1 Å². The molecule has 186 valence electrons. The molecule has 7 heteroatoms. The first-order valence-electron chi connectivity index (χ1n) is 12.1. The van der Waals surface area contributed by atoms with Gasteiger partial charge in [-0.15, -0.1) is 0 Å². The maximum atomic E-state index is 13.9. The highest BCUT2D eigenvalue weighted by Crippen LogP contribution is 2.34. The summed E-state index contributed by atoms with van der Waals surface area (Å²) in [5.41, 5.74) is 4.36. The van der Waals surface area contributed by atoms with Crippen LogP contribution >= 0.6 is 23.2 Å². The quantitative estimate of drug-likeness (QED) is 0.371. The molecule has 1 N–H and O–H groups in total. The summed E-state index contributed by atoms with van der Waals surface area (Å²) in [7, 11) is 0. The number of benzene rings is 3. The van der Waals surface area contributed by atoms with Gasteiger partial charge in [0.15, 0.2) is 0 Å². The van der Waals surface area contributed by atoms with Gasteiger partial charge in [-0.2, -0.15) is 0 Å². The van der Waals surface area contributed by atoms with Gasteiger partial charge in [0.25, 0.3) is 5.91 Å². The number of benzodiazepines with no additional fused rings is 1. The van der Waals surface area contributed by atoms with E-state index < -0.39 is 6.04 Å². The van der Waals surface area contributed by atoms with E-state index in [9.17, 15) is 9.59 Å². The number of nitrogens with zero attached hydrogens (tertiary/aromatic N) is 2. The first-order valence-corrected chi connectivity index (χ1v) is 12.9. The minimum atomic E-state index is -0.677. The summed E-state index contributed by atoms with van der Waals surface area (Å²) in [5.74, 6) is -0.569. The molecule has 0 fully saturated rings. The third-order valence-corrected chi connectivity index (χ3v) is 7.09. The van der Waals surface area contributed by atoms with Crippen molar-refractivity contribution in [3.8, 4) is 0 Å². The number of halogens is 2. The van der Waals surface area contributed by atoms with Crippen LogP contribution in [0.15, 0.2) is 71.7 Å². The van der Waals surface area contributed by atoms with Gasteiger partial charge in [0, 0.05) is 26.9 Å². The lowest BCUT2D eigenvalue weighted by atomic mass is 9.97. The molecule has 5 nitrogen and oxygen atoms in total. The number of fused-ring (bicyclic) bond motifs is 1. The standard InChI is InChI=1S/C29H29Cl2N3O2/c1-4-18(3)27-29(36)34(17-26(35)32-21-10-8-9-19(5-2)15-21)25-14-13-20(30)16-23(25)28(33-27)22-11-6-7-12-24(22)31/h6-16,18,27H,4-5,17H2,1-3H3,(H,32,35)/t18-,27-/m1/s1. The van der Waals surface area contributed by atoms with E-state index in [1.807, 2.05) is 56.3 Å².